The number of carbonyl (C=O) groups is 2. The lowest BCUT2D eigenvalue weighted by atomic mass is 9.80. The first kappa shape index (κ1) is 19.3. The molecule has 1 saturated carbocycles. The van der Waals surface area contributed by atoms with Gasteiger partial charge >= 0.3 is 12.1 Å². The molecule has 132 valence electrons. The first-order chi connectivity index (χ1) is 10.8. The van der Waals surface area contributed by atoms with Gasteiger partial charge in [0.2, 0.25) is 5.96 Å². The first-order valence-corrected chi connectivity index (χ1v) is 8.14. The van der Waals surface area contributed by atoms with Crippen molar-refractivity contribution in [3.63, 3.8) is 0 Å². The van der Waals surface area contributed by atoms with Crippen LogP contribution < -0.4 is 5.32 Å². The molecule has 1 aliphatic rings. The number of carbonyl (C=O) groups excluding carboxylic acids is 2. The van der Waals surface area contributed by atoms with E-state index in [9.17, 15) is 9.59 Å². The Kier molecular flexibility index (Phi) is 7.32. The van der Waals surface area contributed by atoms with Crippen molar-refractivity contribution in [1.29, 1.82) is 0 Å². The Morgan fingerprint density at radius 2 is 1.70 bits per heavy atom. The predicted molar refractivity (Wildman–Crippen MR) is 90.4 cm³/mol. The molecule has 7 heteroatoms. The summed E-state index contributed by atoms with van der Waals surface area (Å²) in [6.45, 7) is 4.51. The van der Waals surface area contributed by atoms with Crippen LogP contribution in [0, 0.1) is 11.8 Å². The summed E-state index contributed by atoms with van der Waals surface area (Å²) in [6, 6.07) is -0.0733. The molecule has 0 aliphatic heterocycles. The van der Waals surface area contributed by atoms with Crippen LogP contribution in [0.3, 0.4) is 0 Å². The molecule has 0 atom stereocenters. The first-order valence-electron chi connectivity index (χ1n) is 8.14. The second kappa shape index (κ2) is 8.74. The fourth-order valence-electron chi connectivity index (χ4n) is 2.89. The molecule has 0 unspecified atom stereocenters. The van der Waals surface area contributed by atoms with Crippen LogP contribution in [0.4, 0.5) is 9.59 Å². The zero-order valence-electron chi connectivity index (χ0n) is 15.1. The van der Waals surface area contributed by atoms with Gasteiger partial charge in [-0.2, -0.15) is 0 Å². The number of methoxy groups -OCH3 is 1. The number of nitrogens with zero attached hydrogens (tertiary/aromatic N) is 3. The molecule has 1 fully saturated rings. The van der Waals surface area contributed by atoms with Gasteiger partial charge in [0, 0.05) is 27.2 Å². The number of amides is 3. The highest BCUT2D eigenvalue weighted by molar-refractivity contribution is 5.99. The molecule has 1 N–H and O–H groups in total. The molecule has 0 bridgehead atoms. The number of aliphatic imine (C=N–C) groups is 1. The zero-order valence-corrected chi connectivity index (χ0v) is 15.1. The molecule has 0 spiro atoms. The third-order valence-electron chi connectivity index (χ3n) is 4.41. The van der Waals surface area contributed by atoms with Gasteiger partial charge in [-0.1, -0.05) is 13.8 Å². The van der Waals surface area contributed by atoms with E-state index in [1.165, 1.54) is 12.0 Å². The molecule has 23 heavy (non-hydrogen) atoms. The zero-order chi connectivity index (χ0) is 17.6. The van der Waals surface area contributed by atoms with Crippen LogP contribution in [0.25, 0.3) is 0 Å². The minimum atomic E-state index is -0.731. The second-order valence-electron chi connectivity index (χ2n) is 6.64. The van der Waals surface area contributed by atoms with E-state index in [1.807, 2.05) is 0 Å². The van der Waals surface area contributed by atoms with Crippen molar-refractivity contribution < 1.29 is 14.3 Å². The summed E-state index contributed by atoms with van der Waals surface area (Å²) in [5.74, 6) is 1.69. The highest BCUT2D eigenvalue weighted by Crippen LogP contribution is 2.29. The summed E-state index contributed by atoms with van der Waals surface area (Å²) in [7, 11) is 6.29. The monoisotopic (exact) mass is 326 g/mol. The number of ether oxygens (including phenoxy) is 1. The highest BCUT2D eigenvalue weighted by atomic mass is 16.5. The molecule has 1 aliphatic carbocycles. The smallest absolute Gasteiger partial charge is 0.436 e. The van der Waals surface area contributed by atoms with Crippen molar-refractivity contribution in [2.75, 3.05) is 28.3 Å². The summed E-state index contributed by atoms with van der Waals surface area (Å²) < 4.78 is 4.53. The molecule has 0 aromatic carbocycles. The number of hydrogen-bond donors (Lipinski definition) is 1. The maximum Gasteiger partial charge on any atom is 0.436 e. The van der Waals surface area contributed by atoms with Gasteiger partial charge in [-0.25, -0.2) is 9.59 Å². The number of nitrogens with one attached hydrogen (secondary N) is 1. The molecule has 0 aromatic rings. The molecular weight excluding hydrogens is 296 g/mol. The third kappa shape index (κ3) is 5.73. The van der Waals surface area contributed by atoms with Crippen LogP contribution in [0.2, 0.25) is 0 Å². The van der Waals surface area contributed by atoms with Gasteiger partial charge in [0.25, 0.3) is 0 Å². The molecule has 0 heterocycles. The van der Waals surface area contributed by atoms with Gasteiger partial charge in [0.1, 0.15) is 0 Å². The SMILES string of the molecule is COC(=O)/N=C(/N(C)C)N(C)C(=O)NC1CCC(C(C)C)CC1. The number of rotatable bonds is 2. The van der Waals surface area contributed by atoms with Crippen molar-refractivity contribution >= 4 is 18.1 Å². The summed E-state index contributed by atoms with van der Waals surface area (Å²) in [4.78, 5) is 30.5. The summed E-state index contributed by atoms with van der Waals surface area (Å²) in [5, 5.41) is 3.03. The van der Waals surface area contributed by atoms with Gasteiger partial charge in [0.05, 0.1) is 7.11 Å². The maximum atomic E-state index is 12.4. The van der Waals surface area contributed by atoms with Crippen LogP contribution in [0.15, 0.2) is 4.99 Å². The van der Waals surface area contributed by atoms with Crippen molar-refractivity contribution in [2.24, 2.45) is 16.8 Å². The molecule has 3 amide bonds. The van der Waals surface area contributed by atoms with Crippen LogP contribution in [0.5, 0.6) is 0 Å². The molecule has 0 saturated heterocycles. The van der Waals surface area contributed by atoms with E-state index in [1.54, 1.807) is 26.0 Å². The Bertz CT molecular complexity index is 441. The second-order valence-corrected chi connectivity index (χ2v) is 6.64. The minimum absolute atomic E-state index is 0.182. The normalized spacial score (nSPS) is 21.8. The summed E-state index contributed by atoms with van der Waals surface area (Å²) in [5.41, 5.74) is 0. The standard InChI is InChI=1S/C16H30N4O3/c1-11(2)12-7-9-13(10-8-12)17-15(21)20(5)14(19(3)4)18-16(22)23-6/h11-13H,7-10H2,1-6H3,(H,17,21)/b18-14-. The van der Waals surface area contributed by atoms with Crippen LogP contribution in [-0.2, 0) is 4.74 Å². The Morgan fingerprint density at radius 3 is 2.13 bits per heavy atom. The fraction of sp³-hybridized carbons (Fsp3) is 0.812. The van der Waals surface area contributed by atoms with Crippen LogP contribution in [0.1, 0.15) is 39.5 Å². The van der Waals surface area contributed by atoms with Crippen LogP contribution in [-0.4, -0.2) is 62.2 Å². The Morgan fingerprint density at radius 1 is 1.13 bits per heavy atom. The van der Waals surface area contributed by atoms with E-state index in [-0.39, 0.29) is 18.0 Å². The van der Waals surface area contributed by atoms with Gasteiger partial charge < -0.3 is 15.0 Å². The van der Waals surface area contributed by atoms with Crippen LogP contribution >= 0.6 is 0 Å². The lowest BCUT2D eigenvalue weighted by Crippen LogP contribution is -2.50. The minimum Gasteiger partial charge on any atom is -0.451 e. The van der Waals surface area contributed by atoms with Gasteiger partial charge in [-0.05, 0) is 37.5 Å². The Hall–Kier alpha value is -1.79. The number of urea groups is 1. The molecule has 0 radical (unpaired) electrons. The molecule has 0 aromatic heterocycles. The van der Waals surface area contributed by atoms with E-state index in [2.05, 4.69) is 28.9 Å². The number of hydrogen-bond acceptors (Lipinski definition) is 3. The Labute approximate surface area is 139 Å². The molecule has 1 rings (SSSR count). The topological polar surface area (TPSA) is 74.2 Å². The van der Waals surface area contributed by atoms with E-state index >= 15 is 0 Å². The van der Waals surface area contributed by atoms with Gasteiger partial charge in [0.15, 0.2) is 0 Å². The Balaban J connectivity index is 2.62. The van der Waals surface area contributed by atoms with Crippen molar-refractivity contribution in [3.05, 3.63) is 0 Å². The van der Waals surface area contributed by atoms with E-state index in [0.717, 1.165) is 31.6 Å². The van der Waals surface area contributed by atoms with Crippen molar-refractivity contribution in [2.45, 2.75) is 45.6 Å². The fourth-order valence-corrected chi connectivity index (χ4v) is 2.89. The van der Waals surface area contributed by atoms with E-state index < -0.39 is 6.09 Å². The quantitative estimate of drug-likeness (QED) is 0.625. The maximum absolute atomic E-state index is 12.4. The third-order valence-corrected chi connectivity index (χ3v) is 4.41. The van der Waals surface area contributed by atoms with Crippen molar-refractivity contribution in [1.82, 2.24) is 15.1 Å². The average molecular weight is 326 g/mol. The van der Waals surface area contributed by atoms with E-state index in [4.69, 9.17) is 0 Å². The largest absolute Gasteiger partial charge is 0.451 e. The lowest BCUT2D eigenvalue weighted by Gasteiger charge is -2.33. The number of guanidine groups is 1. The van der Waals surface area contributed by atoms with Crippen molar-refractivity contribution in [3.8, 4) is 0 Å². The average Bonchev–Trinajstić information content (AvgIpc) is 2.51. The van der Waals surface area contributed by atoms with Gasteiger partial charge in [-0.15, -0.1) is 4.99 Å². The van der Waals surface area contributed by atoms with Gasteiger partial charge in [-0.3, -0.25) is 4.90 Å². The van der Waals surface area contributed by atoms with E-state index in [0.29, 0.717) is 5.92 Å². The summed E-state index contributed by atoms with van der Waals surface area (Å²) in [6.07, 6.45) is 3.54. The molecular formula is C16H30N4O3. The highest BCUT2D eigenvalue weighted by Gasteiger charge is 2.26. The lowest BCUT2D eigenvalue weighted by molar-refractivity contribution is 0.181. The summed E-state index contributed by atoms with van der Waals surface area (Å²) >= 11 is 0. The predicted octanol–water partition coefficient (Wildman–Crippen LogP) is 2.53. The molecule has 7 nitrogen and oxygen atoms in total.